The Balaban J connectivity index is 2.19. The molecule has 0 bridgehead atoms. The molecule has 3 aromatic rings. The van der Waals surface area contributed by atoms with E-state index in [1.165, 1.54) is 0 Å². The minimum atomic E-state index is -1.06. The van der Waals surface area contributed by atoms with Crippen LogP contribution in [0.1, 0.15) is 25.2 Å². The maximum Gasteiger partial charge on any atom is 0.329 e. The quantitative estimate of drug-likeness (QED) is 0.802. The van der Waals surface area contributed by atoms with Crippen LogP contribution in [0.2, 0.25) is 0 Å². The van der Waals surface area contributed by atoms with Gasteiger partial charge in [-0.05, 0) is 31.5 Å². The van der Waals surface area contributed by atoms with Gasteiger partial charge in [-0.15, -0.1) is 0 Å². The van der Waals surface area contributed by atoms with Gasteiger partial charge in [-0.3, -0.25) is 0 Å². The van der Waals surface area contributed by atoms with E-state index in [0.717, 1.165) is 22.4 Å². The monoisotopic (exact) mass is 294 g/mol. The Labute approximate surface area is 129 Å². The number of carbonyl (C=O) groups is 1. The second kappa shape index (κ2) is 5.30. The fourth-order valence-electron chi connectivity index (χ4n) is 2.69. The first-order valence-corrected chi connectivity index (χ1v) is 7.24. The lowest BCUT2D eigenvalue weighted by Gasteiger charge is -2.24. The van der Waals surface area contributed by atoms with Crippen LogP contribution in [0.25, 0.3) is 11.0 Å². The first kappa shape index (κ1) is 14.3. The summed E-state index contributed by atoms with van der Waals surface area (Å²) in [5.41, 5.74) is 1.73. The Morgan fingerprint density at radius 2 is 1.73 bits per heavy atom. The van der Waals surface area contributed by atoms with Gasteiger partial charge in [-0.25, -0.2) is 9.78 Å². The van der Waals surface area contributed by atoms with E-state index >= 15 is 0 Å². The van der Waals surface area contributed by atoms with Gasteiger partial charge in [0.05, 0.1) is 11.0 Å². The third-order valence-corrected chi connectivity index (χ3v) is 3.92. The lowest BCUT2D eigenvalue weighted by Crippen LogP contribution is -2.36. The smallest absolute Gasteiger partial charge is 0.329 e. The zero-order chi connectivity index (χ0) is 15.7. The van der Waals surface area contributed by atoms with Crippen LogP contribution in [0.3, 0.4) is 0 Å². The van der Waals surface area contributed by atoms with Gasteiger partial charge in [-0.1, -0.05) is 42.5 Å². The van der Waals surface area contributed by atoms with Crippen LogP contribution in [0.15, 0.2) is 54.6 Å². The number of nitrogens with zero attached hydrogens (tertiary/aromatic N) is 2. The Hall–Kier alpha value is -2.62. The van der Waals surface area contributed by atoms with Crippen LogP contribution >= 0.6 is 0 Å². The number of para-hydroxylation sites is 2. The predicted molar refractivity (Wildman–Crippen MR) is 85.9 cm³/mol. The Morgan fingerprint density at radius 1 is 1.09 bits per heavy atom. The highest BCUT2D eigenvalue weighted by Crippen LogP contribution is 2.27. The van der Waals surface area contributed by atoms with E-state index in [1.54, 1.807) is 13.8 Å². The number of carboxylic acids is 1. The van der Waals surface area contributed by atoms with Crippen molar-refractivity contribution in [2.75, 3.05) is 0 Å². The molecule has 0 saturated carbocycles. The Morgan fingerprint density at radius 3 is 2.41 bits per heavy atom. The maximum atomic E-state index is 11.7. The van der Waals surface area contributed by atoms with Crippen molar-refractivity contribution in [3.05, 3.63) is 66.0 Å². The third-order valence-electron chi connectivity index (χ3n) is 3.92. The first-order valence-electron chi connectivity index (χ1n) is 7.24. The fraction of sp³-hybridized carbons (Fsp3) is 0.222. The summed E-state index contributed by atoms with van der Waals surface area (Å²) in [4.78, 5) is 16.4. The molecule has 2 aromatic carbocycles. The van der Waals surface area contributed by atoms with Gasteiger partial charge in [0.25, 0.3) is 0 Å². The SMILES string of the molecule is CC(C)(C(=O)O)n1c(Cc2ccccc2)nc2ccccc21. The van der Waals surface area contributed by atoms with Crippen LogP contribution in [0, 0.1) is 0 Å². The Kier molecular flexibility index (Phi) is 3.45. The maximum absolute atomic E-state index is 11.7. The topological polar surface area (TPSA) is 55.1 Å². The van der Waals surface area contributed by atoms with E-state index in [0.29, 0.717) is 6.42 Å². The first-order chi connectivity index (χ1) is 10.5. The highest BCUT2D eigenvalue weighted by molar-refractivity contribution is 5.82. The summed E-state index contributed by atoms with van der Waals surface area (Å²) in [6, 6.07) is 17.6. The van der Waals surface area contributed by atoms with E-state index in [-0.39, 0.29) is 0 Å². The lowest BCUT2D eigenvalue weighted by molar-refractivity contribution is -0.145. The van der Waals surface area contributed by atoms with Crippen molar-refractivity contribution in [3.63, 3.8) is 0 Å². The fourth-order valence-corrected chi connectivity index (χ4v) is 2.69. The normalized spacial score (nSPS) is 11.7. The molecule has 4 heteroatoms. The molecule has 1 aromatic heterocycles. The molecule has 1 heterocycles. The van der Waals surface area contributed by atoms with Crippen LogP contribution in [-0.4, -0.2) is 20.6 Å². The number of rotatable bonds is 4. The molecule has 0 aliphatic rings. The molecule has 1 N–H and O–H groups in total. The molecule has 0 radical (unpaired) electrons. The largest absolute Gasteiger partial charge is 0.480 e. The van der Waals surface area contributed by atoms with Gasteiger partial charge in [0.1, 0.15) is 11.4 Å². The average Bonchev–Trinajstić information content (AvgIpc) is 2.86. The number of imidazole rings is 1. The number of carboxylic acid groups (broad SMARTS) is 1. The third kappa shape index (κ3) is 2.37. The van der Waals surface area contributed by atoms with Gasteiger partial charge >= 0.3 is 5.97 Å². The molecular formula is C18H18N2O2. The van der Waals surface area contributed by atoms with Crippen molar-refractivity contribution >= 4 is 17.0 Å². The summed E-state index contributed by atoms with van der Waals surface area (Å²) in [6.45, 7) is 3.41. The highest BCUT2D eigenvalue weighted by atomic mass is 16.4. The van der Waals surface area contributed by atoms with Gasteiger partial charge in [0.15, 0.2) is 0 Å². The van der Waals surface area contributed by atoms with Crippen LogP contribution in [0.5, 0.6) is 0 Å². The van der Waals surface area contributed by atoms with Crippen molar-refractivity contribution in [2.24, 2.45) is 0 Å². The molecule has 112 valence electrons. The van der Waals surface area contributed by atoms with Gasteiger partial charge in [0.2, 0.25) is 0 Å². The summed E-state index contributed by atoms with van der Waals surface area (Å²) < 4.78 is 1.83. The molecule has 0 fully saturated rings. The average molecular weight is 294 g/mol. The molecule has 0 atom stereocenters. The van der Waals surface area contributed by atoms with Crippen LogP contribution in [-0.2, 0) is 16.8 Å². The number of aromatic nitrogens is 2. The summed E-state index contributed by atoms with van der Waals surface area (Å²) >= 11 is 0. The zero-order valence-electron chi connectivity index (χ0n) is 12.7. The number of hydrogen-bond donors (Lipinski definition) is 1. The number of hydrogen-bond acceptors (Lipinski definition) is 2. The van der Waals surface area contributed by atoms with E-state index in [4.69, 9.17) is 0 Å². The van der Waals surface area contributed by atoms with E-state index in [9.17, 15) is 9.90 Å². The van der Waals surface area contributed by atoms with E-state index in [1.807, 2.05) is 59.2 Å². The molecule has 3 rings (SSSR count). The second-order valence-electron chi connectivity index (χ2n) is 5.88. The van der Waals surface area contributed by atoms with Gasteiger partial charge in [0, 0.05) is 6.42 Å². The molecule has 0 spiro atoms. The number of benzene rings is 2. The molecule has 0 unspecified atom stereocenters. The number of fused-ring (bicyclic) bond motifs is 1. The molecule has 0 amide bonds. The van der Waals surface area contributed by atoms with Crippen molar-refractivity contribution < 1.29 is 9.90 Å². The molecular weight excluding hydrogens is 276 g/mol. The Bertz CT molecular complexity index is 819. The molecule has 0 aliphatic heterocycles. The minimum absolute atomic E-state index is 0.603. The van der Waals surface area contributed by atoms with Crippen LogP contribution in [0.4, 0.5) is 0 Å². The minimum Gasteiger partial charge on any atom is -0.480 e. The van der Waals surface area contributed by atoms with Crippen molar-refractivity contribution in [1.29, 1.82) is 0 Å². The predicted octanol–water partition coefficient (Wildman–Crippen LogP) is 3.45. The summed E-state index contributed by atoms with van der Waals surface area (Å²) in [5, 5.41) is 9.61. The van der Waals surface area contributed by atoms with Crippen molar-refractivity contribution in [2.45, 2.75) is 25.8 Å². The van der Waals surface area contributed by atoms with Crippen LogP contribution < -0.4 is 0 Å². The highest BCUT2D eigenvalue weighted by Gasteiger charge is 2.33. The molecule has 22 heavy (non-hydrogen) atoms. The second-order valence-corrected chi connectivity index (χ2v) is 5.88. The molecule has 0 aliphatic carbocycles. The van der Waals surface area contributed by atoms with Gasteiger partial charge < -0.3 is 9.67 Å². The zero-order valence-corrected chi connectivity index (χ0v) is 12.7. The van der Waals surface area contributed by atoms with Gasteiger partial charge in [-0.2, -0.15) is 0 Å². The summed E-state index contributed by atoms with van der Waals surface area (Å²) in [7, 11) is 0. The summed E-state index contributed by atoms with van der Waals surface area (Å²) in [6.07, 6.45) is 0.603. The van der Waals surface area contributed by atoms with Crippen molar-refractivity contribution in [3.8, 4) is 0 Å². The molecule has 0 saturated heterocycles. The summed E-state index contributed by atoms with van der Waals surface area (Å²) in [5.74, 6) is -0.107. The number of aliphatic carboxylic acids is 1. The van der Waals surface area contributed by atoms with E-state index < -0.39 is 11.5 Å². The lowest BCUT2D eigenvalue weighted by atomic mass is 10.0. The standard InChI is InChI=1S/C18H18N2O2/c1-18(2,17(21)22)20-15-11-7-6-10-14(15)19-16(20)12-13-8-4-3-5-9-13/h3-11H,12H2,1-2H3,(H,21,22). The van der Waals surface area contributed by atoms with E-state index in [2.05, 4.69) is 4.98 Å². The molecule has 4 nitrogen and oxygen atoms in total. The van der Waals surface area contributed by atoms with Crippen molar-refractivity contribution in [1.82, 2.24) is 9.55 Å².